The monoisotopic (exact) mass is 209 g/mol. The van der Waals surface area contributed by atoms with Gasteiger partial charge in [-0.2, -0.15) is 0 Å². The Morgan fingerprint density at radius 1 is 1.40 bits per heavy atom. The van der Waals surface area contributed by atoms with Gasteiger partial charge in [0.25, 0.3) is 0 Å². The Balaban J connectivity index is 3.41. The van der Waals surface area contributed by atoms with Gasteiger partial charge < -0.3 is 9.84 Å². The predicted molar refractivity (Wildman–Crippen MR) is 52.0 cm³/mol. The highest BCUT2D eigenvalue weighted by molar-refractivity contribution is 6.01. The van der Waals surface area contributed by atoms with Gasteiger partial charge in [0, 0.05) is 5.69 Å². The van der Waals surface area contributed by atoms with Crippen LogP contribution >= 0.6 is 0 Å². The molecule has 0 aliphatic heterocycles. The average Bonchev–Trinajstić information content (AvgIpc) is 2.20. The summed E-state index contributed by atoms with van der Waals surface area (Å²) in [4.78, 5) is 26.0. The average molecular weight is 209 g/mol. The van der Waals surface area contributed by atoms with Crippen molar-refractivity contribution in [1.29, 1.82) is 0 Å². The molecule has 5 nitrogen and oxygen atoms in total. The molecule has 0 aliphatic carbocycles. The number of nitrogens with zero attached hydrogens (tertiary/aromatic N) is 1. The van der Waals surface area contributed by atoms with Gasteiger partial charge in [-0.25, -0.2) is 14.6 Å². The van der Waals surface area contributed by atoms with E-state index in [4.69, 9.17) is 5.11 Å². The van der Waals surface area contributed by atoms with Crippen LogP contribution in [0.15, 0.2) is 6.07 Å². The second-order valence-corrected chi connectivity index (χ2v) is 3.08. The lowest BCUT2D eigenvalue weighted by molar-refractivity contribution is 0.0575. The SMILES string of the molecule is COC(=O)c1nc(C)c(C)cc1C(=O)O. The number of esters is 1. The molecule has 0 amide bonds. The molecule has 0 saturated heterocycles. The molecule has 0 atom stereocenters. The molecule has 1 heterocycles. The van der Waals surface area contributed by atoms with Gasteiger partial charge in [-0.15, -0.1) is 0 Å². The van der Waals surface area contributed by atoms with E-state index in [1.165, 1.54) is 13.2 Å². The number of aromatic nitrogens is 1. The van der Waals surface area contributed by atoms with Crippen molar-refractivity contribution in [2.75, 3.05) is 7.11 Å². The number of rotatable bonds is 2. The number of pyridine rings is 1. The topological polar surface area (TPSA) is 76.5 Å². The first-order chi connectivity index (χ1) is 6.97. The van der Waals surface area contributed by atoms with Crippen LogP contribution in [0.5, 0.6) is 0 Å². The zero-order valence-corrected chi connectivity index (χ0v) is 8.70. The van der Waals surface area contributed by atoms with Crippen LogP contribution in [0.3, 0.4) is 0 Å². The molecule has 0 aliphatic rings. The third-order valence-corrected chi connectivity index (χ3v) is 2.08. The minimum Gasteiger partial charge on any atom is -0.478 e. The quantitative estimate of drug-likeness (QED) is 0.740. The standard InChI is InChI=1S/C10H11NO4/c1-5-4-7(9(12)13)8(10(14)15-3)11-6(5)2/h4H,1-3H3,(H,12,13). The van der Waals surface area contributed by atoms with Gasteiger partial charge >= 0.3 is 11.9 Å². The summed E-state index contributed by atoms with van der Waals surface area (Å²) in [5, 5.41) is 8.88. The highest BCUT2D eigenvalue weighted by Crippen LogP contribution is 2.13. The number of methoxy groups -OCH3 is 1. The number of carboxylic acids is 1. The normalized spacial score (nSPS) is 9.80. The van der Waals surface area contributed by atoms with Gasteiger partial charge in [0.2, 0.25) is 0 Å². The highest BCUT2D eigenvalue weighted by atomic mass is 16.5. The lowest BCUT2D eigenvalue weighted by Gasteiger charge is -2.06. The fourth-order valence-corrected chi connectivity index (χ4v) is 1.12. The minimum atomic E-state index is -1.19. The zero-order valence-electron chi connectivity index (χ0n) is 8.70. The van der Waals surface area contributed by atoms with Gasteiger partial charge in [0.15, 0.2) is 5.69 Å². The number of aryl methyl sites for hydroxylation is 2. The summed E-state index contributed by atoms with van der Waals surface area (Å²) >= 11 is 0. The number of carbonyl (C=O) groups is 2. The lowest BCUT2D eigenvalue weighted by atomic mass is 10.1. The van der Waals surface area contributed by atoms with E-state index in [1.807, 2.05) is 0 Å². The Hall–Kier alpha value is -1.91. The summed E-state index contributed by atoms with van der Waals surface area (Å²) in [6, 6.07) is 1.41. The Morgan fingerprint density at radius 2 is 2.00 bits per heavy atom. The van der Waals surface area contributed by atoms with Crippen molar-refractivity contribution >= 4 is 11.9 Å². The molecule has 1 N–H and O–H groups in total. The van der Waals surface area contributed by atoms with Gasteiger partial charge in [-0.05, 0) is 25.5 Å². The molecule has 15 heavy (non-hydrogen) atoms. The number of carboxylic acid groups (broad SMARTS) is 1. The first-order valence-electron chi connectivity index (χ1n) is 4.27. The maximum atomic E-state index is 11.3. The van der Waals surface area contributed by atoms with E-state index < -0.39 is 11.9 Å². The molecule has 0 fully saturated rings. The smallest absolute Gasteiger partial charge is 0.357 e. The van der Waals surface area contributed by atoms with Gasteiger partial charge in [0.05, 0.1) is 12.7 Å². The van der Waals surface area contributed by atoms with Gasteiger partial charge in [-0.1, -0.05) is 0 Å². The summed E-state index contributed by atoms with van der Waals surface area (Å²) in [5.41, 5.74) is 1.04. The van der Waals surface area contributed by atoms with Crippen LogP contribution < -0.4 is 0 Å². The van der Waals surface area contributed by atoms with E-state index in [9.17, 15) is 9.59 Å². The number of hydrogen-bond donors (Lipinski definition) is 1. The zero-order chi connectivity index (χ0) is 11.6. The molecule has 1 aromatic rings. The fraction of sp³-hybridized carbons (Fsp3) is 0.300. The van der Waals surface area contributed by atoms with Crippen molar-refractivity contribution in [1.82, 2.24) is 4.98 Å². The van der Waals surface area contributed by atoms with Crippen molar-refractivity contribution < 1.29 is 19.4 Å². The minimum absolute atomic E-state index is 0.134. The molecule has 0 saturated carbocycles. The number of hydrogen-bond acceptors (Lipinski definition) is 4. The molecular weight excluding hydrogens is 198 g/mol. The predicted octanol–water partition coefficient (Wildman–Crippen LogP) is 1.18. The molecular formula is C10H11NO4. The second-order valence-electron chi connectivity index (χ2n) is 3.08. The van der Waals surface area contributed by atoms with Crippen LogP contribution in [0.2, 0.25) is 0 Å². The van der Waals surface area contributed by atoms with E-state index in [0.717, 1.165) is 5.56 Å². The molecule has 80 valence electrons. The van der Waals surface area contributed by atoms with E-state index in [0.29, 0.717) is 5.69 Å². The van der Waals surface area contributed by atoms with E-state index in [1.54, 1.807) is 13.8 Å². The Labute approximate surface area is 86.7 Å². The Morgan fingerprint density at radius 3 is 2.47 bits per heavy atom. The van der Waals surface area contributed by atoms with E-state index in [-0.39, 0.29) is 11.3 Å². The third kappa shape index (κ3) is 2.12. The Bertz CT molecular complexity index is 426. The van der Waals surface area contributed by atoms with Crippen molar-refractivity contribution in [3.63, 3.8) is 0 Å². The fourth-order valence-electron chi connectivity index (χ4n) is 1.12. The first kappa shape index (κ1) is 11.2. The third-order valence-electron chi connectivity index (χ3n) is 2.08. The Kier molecular flexibility index (Phi) is 3.04. The summed E-state index contributed by atoms with van der Waals surface area (Å²) in [6.45, 7) is 3.43. The summed E-state index contributed by atoms with van der Waals surface area (Å²) < 4.78 is 4.46. The lowest BCUT2D eigenvalue weighted by Crippen LogP contribution is -2.14. The number of aromatic carboxylic acids is 1. The van der Waals surface area contributed by atoms with Gasteiger partial charge in [0.1, 0.15) is 0 Å². The van der Waals surface area contributed by atoms with Crippen LogP contribution in [0.4, 0.5) is 0 Å². The first-order valence-corrected chi connectivity index (χ1v) is 4.27. The van der Waals surface area contributed by atoms with Crippen molar-refractivity contribution in [2.45, 2.75) is 13.8 Å². The summed E-state index contributed by atoms with van der Waals surface area (Å²) in [7, 11) is 1.19. The molecule has 5 heteroatoms. The molecule has 1 rings (SSSR count). The molecule has 0 radical (unpaired) electrons. The maximum absolute atomic E-state index is 11.3. The molecule has 1 aromatic heterocycles. The second kappa shape index (κ2) is 4.08. The maximum Gasteiger partial charge on any atom is 0.357 e. The van der Waals surface area contributed by atoms with E-state index in [2.05, 4.69) is 9.72 Å². The molecule has 0 spiro atoms. The van der Waals surface area contributed by atoms with Crippen molar-refractivity contribution in [3.8, 4) is 0 Å². The van der Waals surface area contributed by atoms with Crippen LogP contribution in [0.1, 0.15) is 32.1 Å². The highest BCUT2D eigenvalue weighted by Gasteiger charge is 2.20. The van der Waals surface area contributed by atoms with Crippen molar-refractivity contribution in [3.05, 3.63) is 28.6 Å². The largest absolute Gasteiger partial charge is 0.478 e. The van der Waals surface area contributed by atoms with Crippen LogP contribution in [-0.4, -0.2) is 29.1 Å². The van der Waals surface area contributed by atoms with Crippen LogP contribution in [-0.2, 0) is 4.74 Å². The van der Waals surface area contributed by atoms with Gasteiger partial charge in [-0.3, -0.25) is 0 Å². The molecule has 0 bridgehead atoms. The summed E-state index contributed by atoms with van der Waals surface area (Å²) in [5.74, 6) is -1.93. The van der Waals surface area contributed by atoms with Crippen molar-refractivity contribution in [2.24, 2.45) is 0 Å². The van der Waals surface area contributed by atoms with Crippen LogP contribution in [0.25, 0.3) is 0 Å². The number of ether oxygens (including phenoxy) is 1. The molecule has 0 aromatic carbocycles. The summed E-state index contributed by atoms with van der Waals surface area (Å²) in [6.07, 6.45) is 0. The van der Waals surface area contributed by atoms with Crippen LogP contribution in [0, 0.1) is 13.8 Å². The van der Waals surface area contributed by atoms with E-state index >= 15 is 0 Å². The molecule has 0 unspecified atom stereocenters. The number of carbonyl (C=O) groups excluding carboxylic acids is 1.